The van der Waals surface area contributed by atoms with Crippen molar-refractivity contribution in [2.45, 2.75) is 6.92 Å². The molecule has 2 aromatic rings. The van der Waals surface area contributed by atoms with Gasteiger partial charge in [-0.25, -0.2) is 4.39 Å². The molecule has 2 aromatic carbocycles. The molecule has 0 saturated heterocycles. The average Bonchev–Trinajstić information content (AvgIpc) is 2.38. The molecule has 0 aliphatic carbocycles. The van der Waals surface area contributed by atoms with Crippen LogP contribution in [0.1, 0.15) is 15.9 Å². The number of hydrogen-bond acceptors (Lipinski definition) is 2. The minimum absolute atomic E-state index is 0.00225. The molecule has 0 aliphatic heterocycles. The maximum atomic E-state index is 13.6. The van der Waals surface area contributed by atoms with Gasteiger partial charge in [0.25, 0.3) is 5.91 Å². The Labute approximate surface area is 114 Å². The standard InChI is InChI=1S/C14H11ClFNO2/c1-8-5-6-9(7-12(8)18)14(19)17-11-4-2-3-10(15)13(11)16/h2-7,18H,1H3,(H,17,19). The number of carbonyl (C=O) groups excluding carboxylic acids is 1. The van der Waals surface area contributed by atoms with E-state index in [0.29, 0.717) is 5.56 Å². The summed E-state index contributed by atoms with van der Waals surface area (Å²) in [6.45, 7) is 1.72. The van der Waals surface area contributed by atoms with Crippen LogP contribution >= 0.6 is 11.6 Å². The van der Waals surface area contributed by atoms with Crippen molar-refractivity contribution in [3.05, 3.63) is 58.4 Å². The Morgan fingerprint density at radius 3 is 2.74 bits per heavy atom. The van der Waals surface area contributed by atoms with E-state index < -0.39 is 11.7 Å². The predicted molar refractivity (Wildman–Crippen MR) is 72.2 cm³/mol. The fourth-order valence-corrected chi connectivity index (χ4v) is 1.72. The lowest BCUT2D eigenvalue weighted by Crippen LogP contribution is -2.13. The lowest BCUT2D eigenvalue weighted by Gasteiger charge is -2.08. The van der Waals surface area contributed by atoms with Gasteiger partial charge in [0, 0.05) is 5.56 Å². The normalized spacial score (nSPS) is 10.3. The summed E-state index contributed by atoms with van der Waals surface area (Å²) in [7, 11) is 0. The van der Waals surface area contributed by atoms with E-state index in [2.05, 4.69) is 5.32 Å². The Morgan fingerprint density at radius 2 is 2.05 bits per heavy atom. The maximum absolute atomic E-state index is 13.6. The van der Waals surface area contributed by atoms with E-state index in [-0.39, 0.29) is 22.0 Å². The van der Waals surface area contributed by atoms with Gasteiger partial charge < -0.3 is 10.4 Å². The van der Waals surface area contributed by atoms with Crippen LogP contribution in [0.4, 0.5) is 10.1 Å². The summed E-state index contributed by atoms with van der Waals surface area (Å²) in [5, 5.41) is 11.9. The Balaban J connectivity index is 2.26. The monoisotopic (exact) mass is 279 g/mol. The van der Waals surface area contributed by atoms with Crippen molar-refractivity contribution in [2.24, 2.45) is 0 Å². The molecule has 1 amide bonds. The van der Waals surface area contributed by atoms with Gasteiger partial charge in [-0.3, -0.25) is 4.79 Å². The molecule has 5 heteroatoms. The fourth-order valence-electron chi connectivity index (χ4n) is 1.55. The number of halogens is 2. The maximum Gasteiger partial charge on any atom is 0.255 e. The summed E-state index contributed by atoms with van der Waals surface area (Å²) in [6, 6.07) is 8.82. The SMILES string of the molecule is Cc1ccc(C(=O)Nc2cccc(Cl)c2F)cc1O. The van der Waals surface area contributed by atoms with Crippen molar-refractivity contribution in [1.29, 1.82) is 0 Å². The van der Waals surface area contributed by atoms with Gasteiger partial charge in [-0.05, 0) is 36.8 Å². The summed E-state index contributed by atoms with van der Waals surface area (Å²) < 4.78 is 13.6. The zero-order chi connectivity index (χ0) is 14.0. The van der Waals surface area contributed by atoms with Gasteiger partial charge in [-0.15, -0.1) is 0 Å². The van der Waals surface area contributed by atoms with E-state index in [4.69, 9.17) is 11.6 Å². The summed E-state index contributed by atoms with van der Waals surface area (Å²) in [5.41, 5.74) is 0.894. The molecule has 98 valence electrons. The largest absolute Gasteiger partial charge is 0.508 e. The topological polar surface area (TPSA) is 49.3 Å². The summed E-state index contributed by atoms with van der Waals surface area (Å²) >= 11 is 5.62. The second kappa shape index (κ2) is 5.28. The minimum Gasteiger partial charge on any atom is -0.508 e. The molecule has 0 spiro atoms. The zero-order valence-corrected chi connectivity index (χ0v) is 10.8. The van der Waals surface area contributed by atoms with Crippen LogP contribution in [0.5, 0.6) is 5.75 Å². The highest BCUT2D eigenvalue weighted by Gasteiger charge is 2.12. The molecule has 2 rings (SSSR count). The van der Waals surface area contributed by atoms with Crippen molar-refractivity contribution in [3.8, 4) is 5.75 Å². The number of amides is 1. The third kappa shape index (κ3) is 2.85. The van der Waals surface area contributed by atoms with Crippen LogP contribution in [0.25, 0.3) is 0 Å². The molecular weight excluding hydrogens is 269 g/mol. The third-order valence-electron chi connectivity index (χ3n) is 2.67. The molecule has 0 fully saturated rings. The number of benzene rings is 2. The van der Waals surface area contributed by atoms with Gasteiger partial charge in [0.15, 0.2) is 5.82 Å². The number of hydrogen-bond donors (Lipinski definition) is 2. The number of phenolic OH excluding ortho intramolecular Hbond substituents is 1. The van der Waals surface area contributed by atoms with Crippen LogP contribution < -0.4 is 5.32 Å². The van der Waals surface area contributed by atoms with Gasteiger partial charge in [0.1, 0.15) is 5.75 Å². The lowest BCUT2D eigenvalue weighted by molar-refractivity contribution is 0.102. The molecule has 0 heterocycles. The molecule has 3 nitrogen and oxygen atoms in total. The van der Waals surface area contributed by atoms with Crippen LogP contribution in [-0.2, 0) is 0 Å². The molecule has 2 N–H and O–H groups in total. The van der Waals surface area contributed by atoms with Crippen LogP contribution in [0.15, 0.2) is 36.4 Å². The molecule has 0 atom stereocenters. The van der Waals surface area contributed by atoms with Crippen LogP contribution in [0, 0.1) is 12.7 Å². The summed E-state index contributed by atoms with van der Waals surface area (Å²) in [4.78, 5) is 11.9. The molecule has 0 saturated carbocycles. The molecule has 0 unspecified atom stereocenters. The number of aromatic hydroxyl groups is 1. The van der Waals surface area contributed by atoms with Gasteiger partial charge >= 0.3 is 0 Å². The molecule has 0 aromatic heterocycles. The van der Waals surface area contributed by atoms with E-state index >= 15 is 0 Å². The smallest absolute Gasteiger partial charge is 0.255 e. The number of phenols is 1. The second-order valence-corrected chi connectivity index (χ2v) is 4.46. The van der Waals surface area contributed by atoms with Crippen molar-refractivity contribution in [2.75, 3.05) is 5.32 Å². The van der Waals surface area contributed by atoms with Gasteiger partial charge in [-0.1, -0.05) is 23.7 Å². The number of rotatable bonds is 2. The van der Waals surface area contributed by atoms with Gasteiger partial charge in [0.2, 0.25) is 0 Å². The molecule has 0 bridgehead atoms. The van der Waals surface area contributed by atoms with Gasteiger partial charge in [-0.2, -0.15) is 0 Å². The van der Waals surface area contributed by atoms with Crippen molar-refractivity contribution in [1.82, 2.24) is 0 Å². The first-order valence-electron chi connectivity index (χ1n) is 5.54. The number of carbonyl (C=O) groups is 1. The minimum atomic E-state index is -0.686. The van der Waals surface area contributed by atoms with Crippen LogP contribution in [-0.4, -0.2) is 11.0 Å². The molecule has 0 aliphatic rings. The predicted octanol–water partition coefficient (Wildman–Crippen LogP) is 3.75. The number of aryl methyl sites for hydroxylation is 1. The van der Waals surface area contributed by atoms with Gasteiger partial charge in [0.05, 0.1) is 10.7 Å². The van der Waals surface area contributed by atoms with E-state index in [1.165, 1.54) is 24.3 Å². The molecular formula is C14H11ClFNO2. The molecule has 0 radical (unpaired) electrons. The Hall–Kier alpha value is -2.07. The van der Waals surface area contributed by atoms with E-state index in [9.17, 15) is 14.3 Å². The molecule has 19 heavy (non-hydrogen) atoms. The Bertz CT molecular complexity index is 643. The zero-order valence-electron chi connectivity index (χ0n) is 10.1. The summed E-state index contributed by atoms with van der Waals surface area (Å²) in [6.07, 6.45) is 0. The Kier molecular flexibility index (Phi) is 3.71. The highest BCUT2D eigenvalue weighted by Crippen LogP contribution is 2.23. The van der Waals surface area contributed by atoms with Crippen LogP contribution in [0.2, 0.25) is 5.02 Å². The quantitative estimate of drug-likeness (QED) is 0.880. The highest BCUT2D eigenvalue weighted by molar-refractivity contribution is 6.31. The Morgan fingerprint density at radius 1 is 1.32 bits per heavy atom. The highest BCUT2D eigenvalue weighted by atomic mass is 35.5. The average molecular weight is 280 g/mol. The second-order valence-electron chi connectivity index (χ2n) is 4.06. The first-order chi connectivity index (χ1) is 8.99. The first-order valence-corrected chi connectivity index (χ1v) is 5.92. The van der Waals surface area contributed by atoms with E-state index in [1.807, 2.05) is 0 Å². The van der Waals surface area contributed by atoms with Crippen LogP contribution in [0.3, 0.4) is 0 Å². The fraction of sp³-hybridized carbons (Fsp3) is 0.0714. The van der Waals surface area contributed by atoms with E-state index in [1.54, 1.807) is 19.1 Å². The lowest BCUT2D eigenvalue weighted by atomic mass is 10.1. The number of nitrogens with one attached hydrogen (secondary N) is 1. The van der Waals surface area contributed by atoms with Crippen molar-refractivity contribution in [3.63, 3.8) is 0 Å². The van der Waals surface area contributed by atoms with Crippen molar-refractivity contribution >= 4 is 23.2 Å². The number of anilines is 1. The first kappa shape index (κ1) is 13.4. The van der Waals surface area contributed by atoms with Crippen molar-refractivity contribution < 1.29 is 14.3 Å². The summed E-state index contributed by atoms with van der Waals surface area (Å²) in [5.74, 6) is -1.19. The van der Waals surface area contributed by atoms with E-state index in [0.717, 1.165) is 0 Å². The third-order valence-corrected chi connectivity index (χ3v) is 2.96.